The molecule has 4 N–H and O–H groups in total. The van der Waals surface area contributed by atoms with Crippen molar-refractivity contribution in [2.75, 3.05) is 34.7 Å². The Labute approximate surface area is 322 Å². The number of fused-ring (bicyclic) bond motifs is 2. The standard InChI is InChI=1S/C42H63N7O5/c1-27(2)21-36(46(5)6)41(53)48-25-31-17-11-9-15-29(31)23-34(48)39(51)44-20-14-13-19-33(38(43)50)45-40(52)35-24-30-16-10-12-18-32(30)26-49(35)42(54)37(47(7)8)22-28(3)4/h9-12,15-18,27-28,33-37H,13-14,19-26H2,1-8H3,(H2,43,50)(H,44,51)(H,45,52)/t33-,34-,35-,36-,37-/m0/s1. The predicted molar refractivity (Wildman–Crippen MR) is 211 cm³/mol. The Bertz CT molecular complexity index is 1630. The molecular formula is C42H63N7O5. The lowest BCUT2D eigenvalue weighted by Gasteiger charge is -2.40. The van der Waals surface area contributed by atoms with Crippen LogP contribution in [0.1, 0.15) is 82.1 Å². The Morgan fingerprint density at radius 3 is 1.52 bits per heavy atom. The van der Waals surface area contributed by atoms with Gasteiger partial charge in [0.15, 0.2) is 0 Å². The number of benzene rings is 2. The van der Waals surface area contributed by atoms with Crippen LogP contribution in [0.25, 0.3) is 0 Å². The minimum Gasteiger partial charge on any atom is -0.368 e. The second kappa shape index (κ2) is 19.3. The number of carbonyl (C=O) groups is 5. The SMILES string of the molecule is CC(C)C[C@@H](C(=O)N1Cc2ccccc2C[C@H]1C(=O)NCCCC[C@H](NC(=O)[C@@H]1Cc2ccccc2CN1C(=O)[C@H](CC(C)C)N(C)C)C(N)=O)N(C)C. The third-order valence-corrected chi connectivity index (χ3v) is 10.8. The van der Waals surface area contributed by atoms with E-state index >= 15 is 0 Å². The molecule has 12 nitrogen and oxygen atoms in total. The van der Waals surface area contributed by atoms with Crippen LogP contribution in [0.15, 0.2) is 48.5 Å². The molecule has 2 aromatic rings. The predicted octanol–water partition coefficient (Wildman–Crippen LogP) is 3.10. The van der Waals surface area contributed by atoms with Crippen molar-refractivity contribution in [1.29, 1.82) is 0 Å². The van der Waals surface area contributed by atoms with Gasteiger partial charge in [-0.2, -0.15) is 0 Å². The van der Waals surface area contributed by atoms with Crippen LogP contribution in [0.5, 0.6) is 0 Å². The zero-order chi connectivity index (χ0) is 39.7. The second-order valence-electron chi connectivity index (χ2n) is 16.4. The number of nitrogens with two attached hydrogens (primary N) is 1. The van der Waals surface area contributed by atoms with Crippen LogP contribution in [0, 0.1) is 11.8 Å². The van der Waals surface area contributed by atoms with Crippen LogP contribution in [-0.2, 0) is 49.9 Å². The second-order valence-corrected chi connectivity index (χ2v) is 16.4. The van der Waals surface area contributed by atoms with Crippen molar-refractivity contribution in [2.24, 2.45) is 17.6 Å². The monoisotopic (exact) mass is 745 g/mol. The summed E-state index contributed by atoms with van der Waals surface area (Å²) in [4.78, 5) is 75.4. The quantitative estimate of drug-likeness (QED) is 0.211. The van der Waals surface area contributed by atoms with Crippen molar-refractivity contribution in [3.8, 4) is 0 Å². The Morgan fingerprint density at radius 2 is 1.11 bits per heavy atom. The highest BCUT2D eigenvalue weighted by molar-refractivity contribution is 5.93. The molecule has 2 heterocycles. The van der Waals surface area contributed by atoms with Crippen LogP contribution in [-0.4, -0.2) is 114 Å². The molecular weight excluding hydrogens is 683 g/mol. The molecule has 54 heavy (non-hydrogen) atoms. The van der Waals surface area contributed by atoms with E-state index in [1.165, 1.54) is 0 Å². The van der Waals surface area contributed by atoms with E-state index in [0.717, 1.165) is 22.3 Å². The van der Waals surface area contributed by atoms with Crippen molar-refractivity contribution in [3.05, 3.63) is 70.8 Å². The molecule has 5 atom stereocenters. The Hall–Kier alpha value is -4.29. The van der Waals surface area contributed by atoms with Gasteiger partial charge in [0.2, 0.25) is 29.5 Å². The van der Waals surface area contributed by atoms with E-state index in [9.17, 15) is 24.0 Å². The number of nitrogens with zero attached hydrogens (tertiary/aromatic N) is 4. The molecule has 2 aliphatic heterocycles. The summed E-state index contributed by atoms with van der Waals surface area (Å²) in [6.07, 6.45) is 3.44. The lowest BCUT2D eigenvalue weighted by molar-refractivity contribution is -0.146. The van der Waals surface area contributed by atoms with Gasteiger partial charge in [-0.25, -0.2) is 0 Å². The number of carbonyl (C=O) groups excluding carboxylic acids is 5. The maximum absolute atomic E-state index is 14.0. The van der Waals surface area contributed by atoms with Gasteiger partial charge in [-0.15, -0.1) is 0 Å². The number of unbranched alkanes of at least 4 members (excludes halogenated alkanes) is 1. The zero-order valence-corrected chi connectivity index (χ0v) is 33.6. The van der Waals surface area contributed by atoms with Gasteiger partial charge >= 0.3 is 0 Å². The van der Waals surface area contributed by atoms with E-state index in [2.05, 4.69) is 38.3 Å². The third kappa shape index (κ3) is 10.9. The lowest BCUT2D eigenvalue weighted by atomic mass is 9.91. The maximum atomic E-state index is 14.0. The minimum absolute atomic E-state index is 0.0535. The summed E-state index contributed by atoms with van der Waals surface area (Å²) in [5, 5.41) is 5.90. The first-order chi connectivity index (χ1) is 25.6. The largest absolute Gasteiger partial charge is 0.368 e. The topological polar surface area (TPSA) is 148 Å². The fourth-order valence-electron chi connectivity index (χ4n) is 7.67. The normalized spacial score (nSPS) is 18.6. The van der Waals surface area contributed by atoms with E-state index in [1.807, 2.05) is 86.5 Å². The first kappa shape index (κ1) is 42.5. The molecule has 4 rings (SSSR count). The van der Waals surface area contributed by atoms with Crippen LogP contribution in [0.3, 0.4) is 0 Å². The summed E-state index contributed by atoms with van der Waals surface area (Å²) in [6, 6.07) is 12.7. The molecule has 5 amide bonds. The van der Waals surface area contributed by atoms with Crippen LogP contribution in [0.4, 0.5) is 0 Å². The maximum Gasteiger partial charge on any atom is 0.243 e. The summed E-state index contributed by atoms with van der Waals surface area (Å²) in [7, 11) is 7.55. The van der Waals surface area contributed by atoms with Gasteiger partial charge < -0.3 is 26.2 Å². The molecule has 0 radical (unpaired) electrons. The highest BCUT2D eigenvalue weighted by Crippen LogP contribution is 2.28. The van der Waals surface area contributed by atoms with E-state index in [1.54, 1.807) is 9.80 Å². The number of rotatable bonds is 17. The molecule has 2 aliphatic rings. The van der Waals surface area contributed by atoms with E-state index in [4.69, 9.17) is 5.73 Å². The van der Waals surface area contributed by atoms with Crippen molar-refractivity contribution in [3.63, 3.8) is 0 Å². The summed E-state index contributed by atoms with van der Waals surface area (Å²) in [5.41, 5.74) is 9.91. The first-order valence-electron chi connectivity index (χ1n) is 19.5. The number of hydrogen-bond donors (Lipinski definition) is 3. The average molecular weight is 746 g/mol. The molecule has 0 aliphatic carbocycles. The van der Waals surface area contributed by atoms with Gasteiger partial charge in [0.25, 0.3) is 0 Å². The lowest BCUT2D eigenvalue weighted by Crippen LogP contribution is -2.59. The Balaban J connectivity index is 1.39. The minimum atomic E-state index is -0.936. The number of nitrogens with one attached hydrogen (secondary N) is 2. The molecule has 0 saturated carbocycles. The fourth-order valence-corrected chi connectivity index (χ4v) is 7.67. The van der Waals surface area contributed by atoms with Gasteiger partial charge in [0.05, 0.1) is 12.1 Å². The summed E-state index contributed by atoms with van der Waals surface area (Å²) < 4.78 is 0. The molecule has 2 aromatic carbocycles. The average Bonchev–Trinajstić information content (AvgIpc) is 3.13. The van der Waals surface area contributed by atoms with Crippen molar-refractivity contribution in [2.45, 2.75) is 116 Å². The van der Waals surface area contributed by atoms with Crippen molar-refractivity contribution < 1.29 is 24.0 Å². The molecule has 296 valence electrons. The third-order valence-electron chi connectivity index (χ3n) is 10.8. The highest BCUT2D eigenvalue weighted by atomic mass is 16.2. The molecule has 0 bridgehead atoms. The summed E-state index contributed by atoms with van der Waals surface area (Å²) in [5.74, 6) is -0.857. The van der Waals surface area contributed by atoms with E-state index < -0.39 is 36.0 Å². The van der Waals surface area contributed by atoms with Gasteiger partial charge in [0, 0.05) is 32.5 Å². The smallest absolute Gasteiger partial charge is 0.243 e. The molecule has 0 spiro atoms. The molecule has 0 unspecified atom stereocenters. The van der Waals surface area contributed by atoms with Gasteiger partial charge in [0.1, 0.15) is 18.1 Å². The number of primary amides is 1. The summed E-state index contributed by atoms with van der Waals surface area (Å²) in [6.45, 7) is 9.34. The van der Waals surface area contributed by atoms with Crippen molar-refractivity contribution in [1.82, 2.24) is 30.2 Å². The van der Waals surface area contributed by atoms with E-state index in [-0.39, 0.29) is 36.1 Å². The van der Waals surface area contributed by atoms with Gasteiger partial charge in [-0.3, -0.25) is 33.8 Å². The molecule has 0 fully saturated rings. The van der Waals surface area contributed by atoms with E-state index in [0.29, 0.717) is 64.1 Å². The molecule has 0 aromatic heterocycles. The van der Waals surface area contributed by atoms with Gasteiger partial charge in [-0.1, -0.05) is 76.2 Å². The van der Waals surface area contributed by atoms with Crippen LogP contribution in [0.2, 0.25) is 0 Å². The van der Waals surface area contributed by atoms with Gasteiger partial charge in [-0.05, 0) is 94.4 Å². The number of hydrogen-bond acceptors (Lipinski definition) is 7. The number of amides is 5. The highest BCUT2D eigenvalue weighted by Gasteiger charge is 2.40. The fraction of sp³-hybridized carbons (Fsp3) is 0.595. The first-order valence-corrected chi connectivity index (χ1v) is 19.5. The van der Waals surface area contributed by atoms with Crippen LogP contribution < -0.4 is 16.4 Å². The van der Waals surface area contributed by atoms with Crippen molar-refractivity contribution >= 4 is 29.5 Å². The molecule has 12 heteroatoms. The zero-order valence-electron chi connectivity index (χ0n) is 33.6. The number of likely N-dealkylation sites (N-methyl/N-ethyl adjacent to an activating group) is 2. The molecule has 0 saturated heterocycles. The van der Waals surface area contributed by atoms with Crippen LogP contribution >= 0.6 is 0 Å². The Kier molecular flexibility index (Phi) is 15.2. The Morgan fingerprint density at radius 1 is 0.685 bits per heavy atom. The summed E-state index contributed by atoms with van der Waals surface area (Å²) >= 11 is 0.